The minimum absolute atomic E-state index is 0.151. The lowest BCUT2D eigenvalue weighted by Crippen LogP contribution is -2.23. The van der Waals surface area contributed by atoms with Gasteiger partial charge in [0.2, 0.25) is 0 Å². The largest absolute Gasteiger partial charge is 0.445 e. The SMILES string of the molecule is CC1(c2ccc(Cl)cc2)OC(=O)C(Cl)=C1I. The lowest BCUT2D eigenvalue weighted by atomic mass is 9.96. The fraction of sp³-hybridized carbons (Fsp3) is 0.182. The van der Waals surface area contributed by atoms with Crippen molar-refractivity contribution in [3.63, 3.8) is 0 Å². The average Bonchev–Trinajstić information content (AvgIpc) is 2.45. The molecule has 0 saturated heterocycles. The predicted molar refractivity (Wildman–Crippen MR) is 71.8 cm³/mol. The minimum atomic E-state index is -0.792. The van der Waals surface area contributed by atoms with Crippen molar-refractivity contribution in [3.05, 3.63) is 43.5 Å². The zero-order chi connectivity index (χ0) is 11.9. The maximum Gasteiger partial charge on any atom is 0.351 e. The summed E-state index contributed by atoms with van der Waals surface area (Å²) in [5.74, 6) is -0.483. The summed E-state index contributed by atoms with van der Waals surface area (Å²) in [4.78, 5) is 11.4. The first-order valence-electron chi connectivity index (χ1n) is 4.50. The standard InChI is InChI=1S/C11H7Cl2IO2/c1-11(6-2-4-7(12)5-3-6)9(14)8(13)10(15)16-11/h2-5H,1H3. The highest BCUT2D eigenvalue weighted by Crippen LogP contribution is 2.45. The zero-order valence-corrected chi connectivity index (χ0v) is 11.9. The Hall–Kier alpha value is -0.260. The Morgan fingerprint density at radius 1 is 1.25 bits per heavy atom. The number of hydrogen-bond donors (Lipinski definition) is 0. The van der Waals surface area contributed by atoms with Crippen LogP contribution in [0.5, 0.6) is 0 Å². The summed E-state index contributed by atoms with van der Waals surface area (Å²) in [6.07, 6.45) is 0. The highest BCUT2D eigenvalue weighted by Gasteiger charge is 2.43. The quantitative estimate of drug-likeness (QED) is 0.553. The number of carbonyl (C=O) groups is 1. The van der Waals surface area contributed by atoms with Crippen molar-refractivity contribution in [2.24, 2.45) is 0 Å². The first-order valence-corrected chi connectivity index (χ1v) is 6.34. The third kappa shape index (κ3) is 1.85. The van der Waals surface area contributed by atoms with Gasteiger partial charge in [-0.2, -0.15) is 0 Å². The number of halogens is 3. The maximum atomic E-state index is 11.4. The van der Waals surface area contributed by atoms with Crippen LogP contribution in [0, 0.1) is 0 Å². The first kappa shape index (κ1) is 12.2. The molecule has 1 aliphatic heterocycles. The van der Waals surface area contributed by atoms with Crippen molar-refractivity contribution in [3.8, 4) is 0 Å². The third-order valence-corrected chi connectivity index (χ3v) is 4.97. The molecule has 16 heavy (non-hydrogen) atoms. The second-order valence-corrected chi connectivity index (χ2v) is 5.45. The second-order valence-electron chi connectivity index (χ2n) is 3.56. The van der Waals surface area contributed by atoms with E-state index in [0.29, 0.717) is 8.60 Å². The molecule has 0 radical (unpaired) electrons. The summed E-state index contributed by atoms with van der Waals surface area (Å²) >= 11 is 13.7. The van der Waals surface area contributed by atoms with Gasteiger partial charge < -0.3 is 4.74 Å². The molecule has 0 saturated carbocycles. The molecule has 2 rings (SSSR count). The number of carbonyl (C=O) groups excluding carboxylic acids is 1. The van der Waals surface area contributed by atoms with Crippen molar-refractivity contribution >= 4 is 51.8 Å². The van der Waals surface area contributed by atoms with Crippen LogP contribution in [0.1, 0.15) is 12.5 Å². The van der Waals surface area contributed by atoms with Gasteiger partial charge in [-0.1, -0.05) is 35.3 Å². The van der Waals surface area contributed by atoms with E-state index in [1.165, 1.54) is 0 Å². The highest BCUT2D eigenvalue weighted by atomic mass is 127. The van der Waals surface area contributed by atoms with Crippen molar-refractivity contribution in [1.82, 2.24) is 0 Å². The van der Waals surface area contributed by atoms with Crippen molar-refractivity contribution in [2.45, 2.75) is 12.5 Å². The van der Waals surface area contributed by atoms with E-state index in [-0.39, 0.29) is 5.03 Å². The molecule has 1 unspecified atom stereocenters. The van der Waals surface area contributed by atoms with Gasteiger partial charge in [-0.05, 0) is 41.6 Å². The Bertz CT molecular complexity index is 481. The predicted octanol–water partition coefficient (Wildman–Crippen LogP) is 4.00. The van der Waals surface area contributed by atoms with Crippen molar-refractivity contribution in [2.75, 3.05) is 0 Å². The van der Waals surface area contributed by atoms with Crippen LogP contribution in [-0.2, 0) is 15.1 Å². The number of esters is 1. The molecular weight excluding hydrogens is 362 g/mol. The topological polar surface area (TPSA) is 26.3 Å². The third-order valence-electron chi connectivity index (χ3n) is 2.48. The number of hydrogen-bond acceptors (Lipinski definition) is 2. The zero-order valence-electron chi connectivity index (χ0n) is 8.26. The molecule has 5 heteroatoms. The molecule has 1 atom stereocenters. The molecule has 0 bridgehead atoms. The van der Waals surface area contributed by atoms with E-state index >= 15 is 0 Å². The summed E-state index contributed by atoms with van der Waals surface area (Å²) in [7, 11) is 0. The molecule has 0 spiro atoms. The second kappa shape index (κ2) is 4.20. The van der Waals surface area contributed by atoms with Gasteiger partial charge in [0, 0.05) is 10.6 Å². The van der Waals surface area contributed by atoms with Gasteiger partial charge >= 0.3 is 5.97 Å². The molecule has 1 aliphatic rings. The van der Waals surface area contributed by atoms with Gasteiger partial charge in [-0.15, -0.1) is 0 Å². The van der Waals surface area contributed by atoms with E-state index in [0.717, 1.165) is 5.56 Å². The number of ether oxygens (including phenoxy) is 1. The van der Waals surface area contributed by atoms with Crippen LogP contribution in [0.3, 0.4) is 0 Å². The number of benzene rings is 1. The lowest BCUT2D eigenvalue weighted by Gasteiger charge is -2.24. The minimum Gasteiger partial charge on any atom is -0.445 e. The van der Waals surface area contributed by atoms with Crippen LogP contribution in [-0.4, -0.2) is 5.97 Å². The normalized spacial score (nSPS) is 24.9. The lowest BCUT2D eigenvalue weighted by molar-refractivity contribution is -0.145. The van der Waals surface area contributed by atoms with Crippen LogP contribution >= 0.6 is 45.8 Å². The summed E-state index contributed by atoms with van der Waals surface area (Å²) in [6.45, 7) is 1.81. The Morgan fingerprint density at radius 3 is 2.25 bits per heavy atom. The molecule has 84 valence electrons. The van der Waals surface area contributed by atoms with Crippen LogP contribution in [0.2, 0.25) is 5.02 Å². The monoisotopic (exact) mass is 368 g/mol. The average molecular weight is 369 g/mol. The molecular formula is C11H7Cl2IO2. The Balaban J connectivity index is 2.49. The molecule has 1 aromatic rings. The molecule has 0 N–H and O–H groups in total. The van der Waals surface area contributed by atoms with E-state index < -0.39 is 11.6 Å². The Labute approximate surface area is 117 Å². The van der Waals surface area contributed by atoms with Gasteiger partial charge in [0.1, 0.15) is 5.03 Å². The van der Waals surface area contributed by atoms with E-state index in [4.69, 9.17) is 27.9 Å². The molecule has 0 aliphatic carbocycles. The molecule has 1 aromatic carbocycles. The summed E-state index contributed by atoms with van der Waals surface area (Å²) < 4.78 is 6.00. The number of cyclic esters (lactones) is 1. The summed E-state index contributed by atoms with van der Waals surface area (Å²) in [5, 5.41) is 0.791. The summed E-state index contributed by atoms with van der Waals surface area (Å²) in [6, 6.07) is 7.16. The Morgan fingerprint density at radius 2 is 1.81 bits per heavy atom. The van der Waals surface area contributed by atoms with Gasteiger partial charge in [-0.3, -0.25) is 0 Å². The molecule has 2 nitrogen and oxygen atoms in total. The molecule has 0 amide bonds. The van der Waals surface area contributed by atoms with E-state index in [1.807, 2.05) is 41.6 Å². The molecule has 1 heterocycles. The van der Waals surface area contributed by atoms with Gasteiger partial charge in [0.15, 0.2) is 5.60 Å². The summed E-state index contributed by atoms with van der Waals surface area (Å²) in [5.41, 5.74) is 0.0598. The van der Waals surface area contributed by atoms with Gasteiger partial charge in [0.25, 0.3) is 0 Å². The Kier molecular flexibility index (Phi) is 3.20. The fourth-order valence-corrected chi connectivity index (χ4v) is 2.51. The smallest absolute Gasteiger partial charge is 0.351 e. The van der Waals surface area contributed by atoms with Gasteiger partial charge in [0.05, 0.1) is 3.58 Å². The van der Waals surface area contributed by atoms with E-state index in [1.54, 1.807) is 12.1 Å². The van der Waals surface area contributed by atoms with Crippen LogP contribution in [0.4, 0.5) is 0 Å². The van der Waals surface area contributed by atoms with Gasteiger partial charge in [-0.25, -0.2) is 4.79 Å². The van der Waals surface area contributed by atoms with Crippen LogP contribution < -0.4 is 0 Å². The van der Waals surface area contributed by atoms with E-state index in [9.17, 15) is 4.79 Å². The van der Waals surface area contributed by atoms with Crippen molar-refractivity contribution in [1.29, 1.82) is 0 Å². The maximum absolute atomic E-state index is 11.4. The van der Waals surface area contributed by atoms with Crippen LogP contribution in [0.25, 0.3) is 0 Å². The number of rotatable bonds is 1. The van der Waals surface area contributed by atoms with Crippen LogP contribution in [0.15, 0.2) is 32.9 Å². The highest BCUT2D eigenvalue weighted by molar-refractivity contribution is 14.1. The first-order chi connectivity index (χ1) is 7.45. The van der Waals surface area contributed by atoms with Crippen molar-refractivity contribution < 1.29 is 9.53 Å². The molecule has 0 fully saturated rings. The van der Waals surface area contributed by atoms with E-state index in [2.05, 4.69) is 0 Å². The fourth-order valence-electron chi connectivity index (χ4n) is 1.53. The molecule has 0 aromatic heterocycles.